The van der Waals surface area contributed by atoms with E-state index in [-0.39, 0.29) is 17.6 Å². The van der Waals surface area contributed by atoms with Crippen LogP contribution in [0.25, 0.3) is 0 Å². The molecule has 0 saturated heterocycles. The van der Waals surface area contributed by atoms with E-state index in [1.807, 2.05) is 0 Å². The fourth-order valence-corrected chi connectivity index (χ4v) is 1.71. The number of ether oxygens (including phenoxy) is 1. The van der Waals surface area contributed by atoms with Crippen molar-refractivity contribution in [1.82, 2.24) is 9.97 Å². The van der Waals surface area contributed by atoms with Crippen LogP contribution >= 0.6 is 0 Å². The standard InChI is InChI=1S/C13H14FN3O/c1-18-13-3-2-9(4-11(13)14)5-12(15)10-6-16-8-17-7-10/h2-4,6-8,12H,5,15H2,1H3. The molecule has 0 aliphatic heterocycles. The molecule has 94 valence electrons. The normalized spacial score (nSPS) is 12.2. The summed E-state index contributed by atoms with van der Waals surface area (Å²) in [6.07, 6.45) is 5.30. The molecule has 1 heterocycles. The van der Waals surface area contributed by atoms with Gasteiger partial charge in [-0.1, -0.05) is 6.07 Å². The third kappa shape index (κ3) is 2.81. The molecule has 2 N–H and O–H groups in total. The summed E-state index contributed by atoms with van der Waals surface area (Å²) in [6.45, 7) is 0. The highest BCUT2D eigenvalue weighted by Gasteiger charge is 2.10. The topological polar surface area (TPSA) is 61.0 Å². The van der Waals surface area contributed by atoms with Crippen molar-refractivity contribution in [2.24, 2.45) is 5.73 Å². The minimum Gasteiger partial charge on any atom is -0.494 e. The zero-order valence-corrected chi connectivity index (χ0v) is 10.0. The van der Waals surface area contributed by atoms with Gasteiger partial charge in [0.25, 0.3) is 0 Å². The van der Waals surface area contributed by atoms with Crippen molar-refractivity contribution in [2.75, 3.05) is 7.11 Å². The summed E-state index contributed by atoms with van der Waals surface area (Å²) in [7, 11) is 1.44. The number of nitrogens with zero attached hydrogens (tertiary/aromatic N) is 2. The number of hydrogen-bond donors (Lipinski definition) is 1. The zero-order chi connectivity index (χ0) is 13.0. The van der Waals surface area contributed by atoms with E-state index in [0.717, 1.165) is 11.1 Å². The first-order valence-corrected chi connectivity index (χ1v) is 5.53. The smallest absolute Gasteiger partial charge is 0.165 e. The Balaban J connectivity index is 2.12. The van der Waals surface area contributed by atoms with E-state index in [2.05, 4.69) is 9.97 Å². The fourth-order valence-electron chi connectivity index (χ4n) is 1.71. The molecule has 1 atom stereocenters. The van der Waals surface area contributed by atoms with Gasteiger partial charge in [0.2, 0.25) is 0 Å². The number of hydrogen-bond acceptors (Lipinski definition) is 4. The maximum absolute atomic E-state index is 13.5. The molecule has 1 aromatic carbocycles. The van der Waals surface area contributed by atoms with E-state index < -0.39 is 0 Å². The largest absolute Gasteiger partial charge is 0.494 e. The van der Waals surface area contributed by atoms with E-state index in [4.69, 9.17) is 10.5 Å². The summed E-state index contributed by atoms with van der Waals surface area (Å²) in [5.74, 6) is -0.151. The molecule has 0 amide bonds. The Morgan fingerprint density at radius 1 is 1.33 bits per heavy atom. The molecule has 2 aromatic rings. The predicted octanol–water partition coefficient (Wildman–Crippen LogP) is 1.87. The van der Waals surface area contributed by atoms with Crippen molar-refractivity contribution >= 4 is 0 Å². The van der Waals surface area contributed by atoms with Crippen LogP contribution < -0.4 is 10.5 Å². The summed E-state index contributed by atoms with van der Waals surface area (Å²) >= 11 is 0. The van der Waals surface area contributed by atoms with E-state index >= 15 is 0 Å². The van der Waals surface area contributed by atoms with E-state index in [9.17, 15) is 4.39 Å². The van der Waals surface area contributed by atoms with Crippen LogP contribution in [-0.4, -0.2) is 17.1 Å². The molecule has 5 heteroatoms. The number of nitrogens with two attached hydrogens (primary N) is 1. The summed E-state index contributed by atoms with van der Waals surface area (Å²) in [5, 5.41) is 0. The maximum atomic E-state index is 13.5. The van der Waals surface area contributed by atoms with Crippen LogP contribution in [0.1, 0.15) is 17.2 Å². The van der Waals surface area contributed by atoms with Gasteiger partial charge in [0, 0.05) is 24.0 Å². The Morgan fingerprint density at radius 3 is 2.67 bits per heavy atom. The number of rotatable bonds is 4. The third-order valence-electron chi connectivity index (χ3n) is 2.68. The molecule has 0 aliphatic carbocycles. The Morgan fingerprint density at radius 2 is 2.06 bits per heavy atom. The van der Waals surface area contributed by atoms with E-state index in [0.29, 0.717) is 6.42 Å². The van der Waals surface area contributed by atoms with Crippen LogP contribution in [0.5, 0.6) is 5.75 Å². The average Bonchev–Trinajstić information content (AvgIpc) is 2.40. The molecule has 4 nitrogen and oxygen atoms in total. The lowest BCUT2D eigenvalue weighted by atomic mass is 10.0. The number of benzene rings is 1. The molecule has 0 fully saturated rings. The second-order valence-corrected chi connectivity index (χ2v) is 3.95. The van der Waals surface area contributed by atoms with Gasteiger partial charge in [-0.25, -0.2) is 14.4 Å². The highest BCUT2D eigenvalue weighted by molar-refractivity contribution is 5.30. The zero-order valence-electron chi connectivity index (χ0n) is 10.0. The molecule has 2 rings (SSSR count). The van der Waals surface area contributed by atoms with Gasteiger partial charge in [-0.3, -0.25) is 0 Å². The van der Waals surface area contributed by atoms with Gasteiger partial charge < -0.3 is 10.5 Å². The number of halogens is 1. The highest BCUT2D eigenvalue weighted by Crippen LogP contribution is 2.21. The molecule has 1 unspecified atom stereocenters. The SMILES string of the molecule is COc1ccc(CC(N)c2cncnc2)cc1F. The maximum Gasteiger partial charge on any atom is 0.165 e. The van der Waals surface area contributed by atoms with Gasteiger partial charge in [0.1, 0.15) is 6.33 Å². The van der Waals surface area contributed by atoms with Crippen LogP contribution in [0, 0.1) is 5.82 Å². The summed E-state index contributed by atoms with van der Waals surface area (Å²) in [6, 6.07) is 4.58. The minimum atomic E-state index is -0.383. The van der Waals surface area contributed by atoms with Gasteiger partial charge >= 0.3 is 0 Å². The molecule has 1 aromatic heterocycles. The van der Waals surface area contributed by atoms with Crippen LogP contribution in [0.3, 0.4) is 0 Å². The first-order chi connectivity index (χ1) is 8.70. The molecule has 0 radical (unpaired) electrons. The lowest BCUT2D eigenvalue weighted by Gasteiger charge is -2.11. The molecule has 0 aliphatic rings. The predicted molar refractivity (Wildman–Crippen MR) is 65.6 cm³/mol. The average molecular weight is 247 g/mol. The summed E-state index contributed by atoms with van der Waals surface area (Å²) in [4.78, 5) is 7.81. The Hall–Kier alpha value is -2.01. The van der Waals surface area contributed by atoms with Crippen molar-refractivity contribution in [3.05, 3.63) is 53.9 Å². The fraction of sp³-hybridized carbons (Fsp3) is 0.231. The molecular weight excluding hydrogens is 233 g/mol. The van der Waals surface area contributed by atoms with E-state index in [1.165, 1.54) is 19.5 Å². The third-order valence-corrected chi connectivity index (χ3v) is 2.68. The van der Waals surface area contributed by atoms with Gasteiger partial charge in [0.05, 0.1) is 7.11 Å². The first-order valence-electron chi connectivity index (χ1n) is 5.53. The van der Waals surface area contributed by atoms with Crippen molar-refractivity contribution < 1.29 is 9.13 Å². The second-order valence-electron chi connectivity index (χ2n) is 3.95. The number of methoxy groups -OCH3 is 1. The van der Waals surface area contributed by atoms with Gasteiger partial charge in [-0.15, -0.1) is 0 Å². The minimum absolute atomic E-state index is 0.232. The molecule has 18 heavy (non-hydrogen) atoms. The van der Waals surface area contributed by atoms with Gasteiger partial charge in [0.15, 0.2) is 11.6 Å². The lowest BCUT2D eigenvalue weighted by Crippen LogP contribution is -2.14. The lowest BCUT2D eigenvalue weighted by molar-refractivity contribution is 0.386. The Kier molecular flexibility index (Phi) is 3.84. The molecule has 0 bridgehead atoms. The summed E-state index contributed by atoms with van der Waals surface area (Å²) in [5.41, 5.74) is 7.65. The summed E-state index contributed by atoms with van der Waals surface area (Å²) < 4.78 is 18.4. The van der Waals surface area contributed by atoms with Crippen LogP contribution in [0.4, 0.5) is 4.39 Å². The van der Waals surface area contributed by atoms with Crippen molar-refractivity contribution in [3.8, 4) is 5.75 Å². The molecular formula is C13H14FN3O. The quantitative estimate of drug-likeness (QED) is 0.895. The van der Waals surface area contributed by atoms with Crippen molar-refractivity contribution in [1.29, 1.82) is 0 Å². The van der Waals surface area contributed by atoms with Crippen LogP contribution in [0.2, 0.25) is 0 Å². The molecule has 0 spiro atoms. The van der Waals surface area contributed by atoms with Crippen molar-refractivity contribution in [3.63, 3.8) is 0 Å². The monoisotopic (exact) mass is 247 g/mol. The molecule has 0 saturated carbocycles. The highest BCUT2D eigenvalue weighted by atomic mass is 19.1. The first kappa shape index (κ1) is 12.4. The number of aromatic nitrogens is 2. The van der Waals surface area contributed by atoms with Crippen LogP contribution in [0.15, 0.2) is 36.9 Å². The van der Waals surface area contributed by atoms with E-state index in [1.54, 1.807) is 24.5 Å². The Labute approximate surface area is 105 Å². The van der Waals surface area contributed by atoms with Crippen molar-refractivity contribution in [2.45, 2.75) is 12.5 Å². The van der Waals surface area contributed by atoms with Gasteiger partial charge in [-0.05, 0) is 24.1 Å². The van der Waals surface area contributed by atoms with Gasteiger partial charge in [-0.2, -0.15) is 0 Å². The second kappa shape index (κ2) is 5.55. The van der Waals surface area contributed by atoms with Crippen LogP contribution in [-0.2, 0) is 6.42 Å². The Bertz CT molecular complexity index is 519.